The number of fused-ring (bicyclic) bond motifs is 1. The molecule has 1 fully saturated rings. The van der Waals surface area contributed by atoms with Crippen LogP contribution in [0, 0.1) is 0 Å². The number of hydrogen-bond donors (Lipinski definition) is 0. The maximum Gasteiger partial charge on any atom is 0.274 e. The van der Waals surface area contributed by atoms with Crippen molar-refractivity contribution in [1.82, 2.24) is 24.6 Å². The maximum atomic E-state index is 13.5. The normalized spacial score (nSPS) is 15.4. The first-order valence-corrected chi connectivity index (χ1v) is 11.4. The summed E-state index contributed by atoms with van der Waals surface area (Å²) in [7, 11) is 1.86. The van der Waals surface area contributed by atoms with Crippen molar-refractivity contribution in [2.24, 2.45) is 0 Å². The highest BCUT2D eigenvalue weighted by atomic mass is 16.2. The molecule has 1 aromatic carbocycles. The van der Waals surface area contributed by atoms with Gasteiger partial charge in [-0.15, -0.1) is 0 Å². The molecule has 0 aliphatic carbocycles. The maximum absolute atomic E-state index is 13.5. The second-order valence-corrected chi connectivity index (χ2v) is 8.80. The van der Waals surface area contributed by atoms with Crippen LogP contribution in [-0.2, 0) is 6.42 Å². The summed E-state index contributed by atoms with van der Waals surface area (Å²) in [6.07, 6.45) is 4.62. The zero-order valence-corrected chi connectivity index (χ0v) is 19.1. The minimum absolute atomic E-state index is 0.119. The Balaban J connectivity index is 1.46. The fourth-order valence-electron chi connectivity index (χ4n) is 4.40. The van der Waals surface area contributed by atoms with Crippen LogP contribution in [0.15, 0.2) is 53.5 Å². The van der Waals surface area contributed by atoms with Gasteiger partial charge in [0, 0.05) is 56.4 Å². The van der Waals surface area contributed by atoms with E-state index in [4.69, 9.17) is 0 Å². The topological polar surface area (TPSA) is 71.3 Å². The number of nitrogens with zero attached hydrogens (tertiary/aromatic N) is 5. The third kappa shape index (κ3) is 4.58. The summed E-state index contributed by atoms with van der Waals surface area (Å²) in [4.78, 5) is 34.9. The number of pyridine rings is 1. The van der Waals surface area contributed by atoms with Gasteiger partial charge < -0.3 is 9.80 Å². The summed E-state index contributed by atoms with van der Waals surface area (Å²) in [6.45, 7) is 6.69. The van der Waals surface area contributed by atoms with Crippen molar-refractivity contribution in [3.05, 3.63) is 70.4 Å². The summed E-state index contributed by atoms with van der Waals surface area (Å²) in [5.74, 6) is -0.123. The molecular formula is C25H31N5O2. The lowest BCUT2D eigenvalue weighted by molar-refractivity contribution is 0.0637. The van der Waals surface area contributed by atoms with Crippen LogP contribution in [0.4, 0.5) is 0 Å². The van der Waals surface area contributed by atoms with E-state index in [-0.39, 0.29) is 23.6 Å². The fourth-order valence-corrected chi connectivity index (χ4v) is 4.40. The predicted molar refractivity (Wildman–Crippen MR) is 126 cm³/mol. The number of hydrogen-bond acceptors (Lipinski definition) is 5. The quantitative estimate of drug-likeness (QED) is 0.597. The van der Waals surface area contributed by atoms with Crippen LogP contribution in [0.25, 0.3) is 10.8 Å². The van der Waals surface area contributed by atoms with E-state index in [2.05, 4.69) is 21.0 Å². The van der Waals surface area contributed by atoms with Crippen LogP contribution in [0.5, 0.6) is 0 Å². The Hall–Kier alpha value is -3.06. The molecule has 0 N–H and O–H groups in total. The summed E-state index contributed by atoms with van der Waals surface area (Å²) >= 11 is 0. The molecule has 0 atom stereocenters. The van der Waals surface area contributed by atoms with E-state index in [1.165, 1.54) is 4.68 Å². The molecule has 1 saturated heterocycles. The SMILES string of the molecule is CC(C)n1nc(C(=O)N(C)C2CCN(CCc3ccccn3)CC2)c2ccccc2c1=O. The van der Waals surface area contributed by atoms with E-state index in [9.17, 15) is 9.59 Å². The highest BCUT2D eigenvalue weighted by molar-refractivity contribution is 6.04. The zero-order valence-electron chi connectivity index (χ0n) is 19.1. The molecule has 1 aliphatic heterocycles. The van der Waals surface area contributed by atoms with E-state index >= 15 is 0 Å². The van der Waals surface area contributed by atoms with Gasteiger partial charge in [0.2, 0.25) is 0 Å². The Morgan fingerprint density at radius 3 is 2.44 bits per heavy atom. The lowest BCUT2D eigenvalue weighted by Gasteiger charge is -2.36. The fraction of sp³-hybridized carbons (Fsp3) is 0.440. The molecule has 1 aliphatic rings. The number of amides is 1. The molecule has 1 amide bonds. The molecule has 0 saturated carbocycles. The van der Waals surface area contributed by atoms with E-state index in [1.807, 2.05) is 62.3 Å². The molecule has 0 radical (unpaired) electrons. The third-order valence-corrected chi connectivity index (χ3v) is 6.36. The Kier molecular flexibility index (Phi) is 6.65. The number of carbonyl (C=O) groups is 1. The van der Waals surface area contributed by atoms with Gasteiger partial charge in [-0.05, 0) is 44.9 Å². The molecular weight excluding hydrogens is 402 g/mol. The first-order chi connectivity index (χ1) is 15.5. The first kappa shape index (κ1) is 22.1. The molecule has 0 unspecified atom stereocenters. The van der Waals surface area contributed by atoms with E-state index in [1.54, 1.807) is 6.07 Å². The van der Waals surface area contributed by atoms with Crippen molar-refractivity contribution in [3.8, 4) is 0 Å². The van der Waals surface area contributed by atoms with E-state index in [0.29, 0.717) is 16.5 Å². The molecule has 0 bridgehead atoms. The molecule has 7 heteroatoms. The molecule has 3 heterocycles. The van der Waals surface area contributed by atoms with E-state index < -0.39 is 0 Å². The minimum atomic E-state index is -0.156. The molecule has 0 spiro atoms. The molecule has 3 aromatic rings. The van der Waals surface area contributed by atoms with Crippen LogP contribution in [0.2, 0.25) is 0 Å². The van der Waals surface area contributed by atoms with Gasteiger partial charge in [0.15, 0.2) is 5.69 Å². The molecule has 2 aromatic heterocycles. The van der Waals surface area contributed by atoms with Gasteiger partial charge in [-0.2, -0.15) is 5.10 Å². The largest absolute Gasteiger partial charge is 0.337 e. The number of likely N-dealkylation sites (tertiary alicyclic amines) is 1. The number of aromatic nitrogens is 3. The molecule has 4 rings (SSSR count). The van der Waals surface area contributed by atoms with Gasteiger partial charge in [-0.25, -0.2) is 4.68 Å². The summed E-state index contributed by atoms with van der Waals surface area (Å²) in [5, 5.41) is 5.65. The van der Waals surface area contributed by atoms with Crippen LogP contribution >= 0.6 is 0 Å². The Labute approximate surface area is 188 Å². The number of piperidine rings is 1. The number of carbonyl (C=O) groups excluding carboxylic acids is 1. The molecule has 7 nitrogen and oxygen atoms in total. The molecule has 32 heavy (non-hydrogen) atoms. The van der Waals surface area contributed by atoms with Gasteiger partial charge in [0.05, 0.1) is 11.4 Å². The minimum Gasteiger partial charge on any atom is -0.337 e. The third-order valence-electron chi connectivity index (χ3n) is 6.36. The average Bonchev–Trinajstić information content (AvgIpc) is 2.83. The van der Waals surface area contributed by atoms with Gasteiger partial charge in [-0.3, -0.25) is 14.6 Å². The highest BCUT2D eigenvalue weighted by Crippen LogP contribution is 2.21. The summed E-state index contributed by atoms with van der Waals surface area (Å²) in [5.41, 5.74) is 1.31. The van der Waals surface area contributed by atoms with Crippen LogP contribution in [0.1, 0.15) is 48.9 Å². The predicted octanol–water partition coefficient (Wildman–Crippen LogP) is 3.15. The first-order valence-electron chi connectivity index (χ1n) is 11.4. The van der Waals surface area contributed by atoms with E-state index in [0.717, 1.165) is 44.6 Å². The van der Waals surface area contributed by atoms with Gasteiger partial charge in [0.25, 0.3) is 11.5 Å². The monoisotopic (exact) mass is 433 g/mol. The average molecular weight is 434 g/mol. The van der Waals surface area contributed by atoms with Crippen LogP contribution < -0.4 is 5.56 Å². The summed E-state index contributed by atoms with van der Waals surface area (Å²) < 4.78 is 1.42. The zero-order chi connectivity index (χ0) is 22.7. The van der Waals surface area contributed by atoms with Crippen molar-refractivity contribution < 1.29 is 4.79 Å². The van der Waals surface area contributed by atoms with Crippen LogP contribution in [0.3, 0.4) is 0 Å². The van der Waals surface area contributed by atoms with Crippen molar-refractivity contribution in [3.63, 3.8) is 0 Å². The lowest BCUT2D eigenvalue weighted by atomic mass is 10.0. The lowest BCUT2D eigenvalue weighted by Crippen LogP contribution is -2.46. The van der Waals surface area contributed by atoms with Crippen molar-refractivity contribution >= 4 is 16.7 Å². The standard InChI is InChI=1S/C25H31N5O2/c1-18(2)30-24(31)22-10-5-4-9-21(22)23(27-30)25(32)28(3)20-12-16-29(17-13-20)15-11-19-8-6-7-14-26-19/h4-10,14,18,20H,11-13,15-17H2,1-3H3. The Morgan fingerprint density at radius 1 is 1.09 bits per heavy atom. The smallest absolute Gasteiger partial charge is 0.274 e. The summed E-state index contributed by atoms with van der Waals surface area (Å²) in [6, 6.07) is 13.3. The van der Waals surface area contributed by atoms with Gasteiger partial charge in [-0.1, -0.05) is 24.3 Å². The highest BCUT2D eigenvalue weighted by Gasteiger charge is 2.28. The van der Waals surface area contributed by atoms with Crippen molar-refractivity contribution in [2.75, 3.05) is 26.7 Å². The Bertz CT molecular complexity index is 1130. The number of rotatable bonds is 6. The van der Waals surface area contributed by atoms with Gasteiger partial charge in [0.1, 0.15) is 0 Å². The molecule has 168 valence electrons. The Morgan fingerprint density at radius 2 is 1.78 bits per heavy atom. The van der Waals surface area contributed by atoms with Crippen LogP contribution in [-0.4, -0.2) is 63.2 Å². The second kappa shape index (κ2) is 9.61. The number of benzene rings is 1. The van der Waals surface area contributed by atoms with Crippen molar-refractivity contribution in [1.29, 1.82) is 0 Å². The van der Waals surface area contributed by atoms with Gasteiger partial charge >= 0.3 is 0 Å². The second-order valence-electron chi connectivity index (χ2n) is 8.80. The van der Waals surface area contributed by atoms with Crippen molar-refractivity contribution in [2.45, 2.75) is 45.2 Å².